The lowest BCUT2D eigenvalue weighted by Gasteiger charge is -2.07. The van der Waals surface area contributed by atoms with Crippen LogP contribution in [0.5, 0.6) is 11.5 Å². The van der Waals surface area contributed by atoms with E-state index in [1.54, 1.807) is 0 Å². The number of pyridine rings is 1. The van der Waals surface area contributed by atoms with E-state index in [9.17, 15) is 0 Å². The summed E-state index contributed by atoms with van der Waals surface area (Å²) in [5, 5.41) is 6.22. The van der Waals surface area contributed by atoms with Crippen molar-refractivity contribution in [2.75, 3.05) is 24.5 Å². The van der Waals surface area contributed by atoms with E-state index in [0.29, 0.717) is 0 Å². The summed E-state index contributed by atoms with van der Waals surface area (Å²) in [5.41, 5.74) is 0.917. The molecule has 0 aliphatic carbocycles. The average Bonchev–Trinajstić information content (AvgIpc) is 2.86. The molecule has 0 atom stereocenters. The number of benzene rings is 1. The summed E-state index contributed by atoms with van der Waals surface area (Å²) in [6.07, 6.45) is 0. The number of ether oxygens (including phenoxy) is 2. The van der Waals surface area contributed by atoms with Crippen molar-refractivity contribution < 1.29 is 9.47 Å². The van der Waals surface area contributed by atoms with Crippen LogP contribution in [0.4, 0.5) is 17.3 Å². The van der Waals surface area contributed by atoms with Gasteiger partial charge in [0.2, 0.25) is 6.79 Å². The normalized spacial score (nSPS) is 12.3. The number of nitrogens with zero attached hydrogens (tertiary/aromatic N) is 1. The van der Waals surface area contributed by atoms with E-state index in [0.717, 1.165) is 28.8 Å². The Balaban J connectivity index is 1.83. The van der Waals surface area contributed by atoms with Crippen LogP contribution >= 0.6 is 0 Å². The number of hydrogen-bond acceptors (Lipinski definition) is 5. The Kier molecular flexibility index (Phi) is 2.64. The summed E-state index contributed by atoms with van der Waals surface area (Å²) in [6, 6.07) is 11.5. The first-order valence-corrected chi connectivity index (χ1v) is 5.66. The lowest BCUT2D eigenvalue weighted by atomic mass is 10.2. The van der Waals surface area contributed by atoms with Gasteiger partial charge in [0, 0.05) is 18.8 Å². The first-order chi connectivity index (χ1) is 8.85. The van der Waals surface area contributed by atoms with Crippen molar-refractivity contribution in [3.8, 4) is 11.5 Å². The Bertz CT molecular complexity index is 572. The smallest absolute Gasteiger partial charge is 0.231 e. The molecule has 0 spiro atoms. The Hall–Kier alpha value is -2.43. The van der Waals surface area contributed by atoms with Crippen molar-refractivity contribution in [3.63, 3.8) is 0 Å². The molecule has 0 saturated carbocycles. The summed E-state index contributed by atoms with van der Waals surface area (Å²) in [4.78, 5) is 4.39. The molecular formula is C13H13N3O2. The highest BCUT2D eigenvalue weighted by atomic mass is 16.7. The average molecular weight is 243 g/mol. The molecule has 1 aromatic heterocycles. The molecule has 0 bridgehead atoms. The van der Waals surface area contributed by atoms with Crippen molar-refractivity contribution in [1.29, 1.82) is 0 Å². The summed E-state index contributed by atoms with van der Waals surface area (Å²) in [7, 11) is 1.84. The molecule has 0 amide bonds. The van der Waals surface area contributed by atoms with Gasteiger partial charge in [-0.2, -0.15) is 0 Å². The van der Waals surface area contributed by atoms with E-state index in [1.807, 2.05) is 43.4 Å². The van der Waals surface area contributed by atoms with E-state index < -0.39 is 0 Å². The van der Waals surface area contributed by atoms with Crippen LogP contribution in [0.1, 0.15) is 0 Å². The second kappa shape index (κ2) is 4.44. The largest absolute Gasteiger partial charge is 0.454 e. The van der Waals surface area contributed by atoms with Crippen molar-refractivity contribution in [1.82, 2.24) is 4.98 Å². The molecule has 2 heterocycles. The molecule has 0 saturated heterocycles. The number of hydrogen-bond donors (Lipinski definition) is 2. The Morgan fingerprint density at radius 3 is 2.78 bits per heavy atom. The monoisotopic (exact) mass is 243 g/mol. The van der Waals surface area contributed by atoms with Gasteiger partial charge in [-0.25, -0.2) is 4.98 Å². The number of nitrogens with one attached hydrogen (secondary N) is 2. The summed E-state index contributed by atoms with van der Waals surface area (Å²) in [5.74, 6) is 3.13. The fourth-order valence-electron chi connectivity index (χ4n) is 1.77. The molecule has 5 nitrogen and oxygen atoms in total. The molecule has 1 aromatic carbocycles. The molecule has 1 aliphatic rings. The van der Waals surface area contributed by atoms with E-state index in [2.05, 4.69) is 15.6 Å². The minimum Gasteiger partial charge on any atom is -0.454 e. The SMILES string of the molecule is CNc1cccc(Nc2ccc3c(c2)OCO3)n1. The van der Waals surface area contributed by atoms with Crippen molar-refractivity contribution in [3.05, 3.63) is 36.4 Å². The number of fused-ring (bicyclic) bond motifs is 1. The van der Waals surface area contributed by atoms with Gasteiger partial charge in [0.05, 0.1) is 0 Å². The Morgan fingerprint density at radius 2 is 1.89 bits per heavy atom. The second-order valence-electron chi connectivity index (χ2n) is 3.85. The number of rotatable bonds is 3. The molecule has 0 fully saturated rings. The van der Waals surface area contributed by atoms with Crippen LogP contribution in [0.2, 0.25) is 0 Å². The fourth-order valence-corrected chi connectivity index (χ4v) is 1.77. The topological polar surface area (TPSA) is 55.4 Å². The molecule has 92 valence electrons. The van der Waals surface area contributed by atoms with Gasteiger partial charge in [0.25, 0.3) is 0 Å². The molecule has 3 rings (SSSR count). The minimum absolute atomic E-state index is 0.284. The van der Waals surface area contributed by atoms with E-state index in [4.69, 9.17) is 9.47 Å². The molecule has 5 heteroatoms. The predicted octanol–water partition coefficient (Wildman–Crippen LogP) is 2.60. The molecule has 2 N–H and O–H groups in total. The predicted molar refractivity (Wildman–Crippen MR) is 69.6 cm³/mol. The van der Waals surface area contributed by atoms with Gasteiger partial charge in [-0.1, -0.05) is 6.07 Å². The van der Waals surface area contributed by atoms with E-state index in [-0.39, 0.29) is 6.79 Å². The van der Waals surface area contributed by atoms with Crippen LogP contribution < -0.4 is 20.1 Å². The minimum atomic E-state index is 0.284. The van der Waals surface area contributed by atoms with E-state index >= 15 is 0 Å². The summed E-state index contributed by atoms with van der Waals surface area (Å²) >= 11 is 0. The maximum atomic E-state index is 5.33. The zero-order chi connectivity index (χ0) is 12.4. The van der Waals surface area contributed by atoms with Gasteiger partial charge in [0.1, 0.15) is 11.6 Å². The maximum absolute atomic E-state index is 5.33. The number of aromatic nitrogens is 1. The van der Waals surface area contributed by atoms with Crippen LogP contribution in [-0.4, -0.2) is 18.8 Å². The van der Waals surface area contributed by atoms with Crippen LogP contribution in [0.3, 0.4) is 0 Å². The van der Waals surface area contributed by atoms with Crippen molar-refractivity contribution in [2.45, 2.75) is 0 Å². The maximum Gasteiger partial charge on any atom is 0.231 e. The van der Waals surface area contributed by atoms with Crippen molar-refractivity contribution in [2.24, 2.45) is 0 Å². The van der Waals surface area contributed by atoms with Crippen LogP contribution in [0.25, 0.3) is 0 Å². The summed E-state index contributed by atoms with van der Waals surface area (Å²) < 4.78 is 10.6. The second-order valence-corrected chi connectivity index (χ2v) is 3.85. The zero-order valence-corrected chi connectivity index (χ0v) is 9.93. The third-order valence-corrected chi connectivity index (χ3v) is 2.65. The molecule has 2 aromatic rings. The highest BCUT2D eigenvalue weighted by Gasteiger charge is 2.13. The highest BCUT2D eigenvalue weighted by Crippen LogP contribution is 2.34. The summed E-state index contributed by atoms with van der Waals surface area (Å²) in [6.45, 7) is 0.284. The van der Waals surface area contributed by atoms with Crippen molar-refractivity contribution >= 4 is 17.3 Å². The van der Waals surface area contributed by atoms with E-state index in [1.165, 1.54) is 0 Å². The van der Waals surface area contributed by atoms with Gasteiger partial charge in [-0.05, 0) is 24.3 Å². The Labute approximate surface area is 105 Å². The lowest BCUT2D eigenvalue weighted by Crippen LogP contribution is -1.97. The first-order valence-electron chi connectivity index (χ1n) is 5.66. The zero-order valence-electron chi connectivity index (χ0n) is 9.93. The quantitative estimate of drug-likeness (QED) is 0.867. The van der Waals surface area contributed by atoms with Gasteiger partial charge in [0.15, 0.2) is 11.5 Å². The third kappa shape index (κ3) is 2.02. The Morgan fingerprint density at radius 1 is 1.06 bits per heavy atom. The molecular weight excluding hydrogens is 230 g/mol. The van der Waals surface area contributed by atoms with Gasteiger partial charge >= 0.3 is 0 Å². The van der Waals surface area contributed by atoms with Gasteiger partial charge in [-0.3, -0.25) is 0 Å². The number of anilines is 3. The van der Waals surface area contributed by atoms with Gasteiger partial charge in [-0.15, -0.1) is 0 Å². The van der Waals surface area contributed by atoms with Crippen LogP contribution in [0.15, 0.2) is 36.4 Å². The molecule has 1 aliphatic heterocycles. The first kappa shape index (κ1) is 10.7. The van der Waals surface area contributed by atoms with Gasteiger partial charge < -0.3 is 20.1 Å². The molecule has 0 radical (unpaired) electrons. The van der Waals surface area contributed by atoms with Crippen LogP contribution in [0, 0.1) is 0 Å². The van der Waals surface area contributed by atoms with Crippen LogP contribution in [-0.2, 0) is 0 Å². The standard InChI is InChI=1S/C13H13N3O2/c1-14-12-3-2-4-13(16-12)15-9-5-6-10-11(7-9)18-8-17-10/h2-7H,8H2,1H3,(H2,14,15,16). The molecule has 18 heavy (non-hydrogen) atoms. The fraction of sp³-hybridized carbons (Fsp3) is 0.154. The molecule has 0 unspecified atom stereocenters. The highest BCUT2D eigenvalue weighted by molar-refractivity contribution is 5.62. The lowest BCUT2D eigenvalue weighted by molar-refractivity contribution is 0.174. The third-order valence-electron chi connectivity index (χ3n) is 2.65.